The van der Waals surface area contributed by atoms with Crippen LogP contribution in [0.2, 0.25) is 0 Å². The van der Waals surface area contributed by atoms with Crippen LogP contribution in [-0.2, 0) is 0 Å². The highest BCUT2D eigenvalue weighted by Crippen LogP contribution is 2.27. The summed E-state index contributed by atoms with van der Waals surface area (Å²) in [6.45, 7) is 1.96. The minimum atomic E-state index is 0.695. The first-order valence-electron chi connectivity index (χ1n) is 7.44. The van der Waals surface area contributed by atoms with Gasteiger partial charge in [-0.1, -0.05) is 6.07 Å². The number of anilines is 2. The van der Waals surface area contributed by atoms with Crippen LogP contribution < -0.4 is 10.1 Å². The molecule has 0 saturated carbocycles. The zero-order chi connectivity index (χ0) is 16.4. The molecule has 3 aromatic heterocycles. The normalized spacial score (nSPS) is 10.7. The van der Waals surface area contributed by atoms with Gasteiger partial charge in [-0.05, 0) is 31.2 Å². The number of nitrogens with one attached hydrogen (secondary N) is 1. The van der Waals surface area contributed by atoms with Crippen LogP contribution in [0.1, 0.15) is 5.69 Å². The van der Waals surface area contributed by atoms with Gasteiger partial charge in [0, 0.05) is 35.3 Å². The zero-order valence-corrected chi connectivity index (χ0v) is 13.7. The third-order valence-corrected chi connectivity index (χ3v) is 4.27. The first-order valence-corrected chi connectivity index (χ1v) is 8.32. The molecule has 0 unspecified atom stereocenters. The van der Waals surface area contributed by atoms with Crippen molar-refractivity contribution in [2.75, 3.05) is 5.32 Å². The highest BCUT2D eigenvalue weighted by molar-refractivity contribution is 7.13. The summed E-state index contributed by atoms with van der Waals surface area (Å²) >= 11 is 1.54. The van der Waals surface area contributed by atoms with Crippen molar-refractivity contribution in [3.05, 3.63) is 65.9 Å². The van der Waals surface area contributed by atoms with Gasteiger partial charge in [-0.2, -0.15) is 0 Å². The van der Waals surface area contributed by atoms with E-state index in [0.717, 1.165) is 27.5 Å². The molecule has 4 aromatic rings. The lowest BCUT2D eigenvalue weighted by molar-refractivity contribution is 0.483. The molecule has 0 radical (unpaired) electrons. The summed E-state index contributed by atoms with van der Waals surface area (Å²) in [5.41, 5.74) is 1.89. The Labute approximate surface area is 143 Å². The number of fused-ring (bicyclic) bond motifs is 1. The van der Waals surface area contributed by atoms with E-state index in [1.54, 1.807) is 23.7 Å². The second-order valence-electron chi connectivity index (χ2n) is 5.26. The molecule has 0 aliphatic heterocycles. The molecule has 0 atom stereocenters. The van der Waals surface area contributed by atoms with Crippen LogP contribution in [0, 0.1) is 6.92 Å². The van der Waals surface area contributed by atoms with Crippen molar-refractivity contribution in [3.8, 4) is 11.5 Å². The molecule has 1 N–H and O–H groups in total. The Morgan fingerprint density at radius 1 is 1.00 bits per heavy atom. The van der Waals surface area contributed by atoms with E-state index in [1.807, 2.05) is 54.8 Å². The minimum Gasteiger partial charge on any atom is -0.457 e. The van der Waals surface area contributed by atoms with Gasteiger partial charge in [-0.3, -0.25) is 4.98 Å². The van der Waals surface area contributed by atoms with Crippen LogP contribution in [-0.4, -0.2) is 15.0 Å². The van der Waals surface area contributed by atoms with Crippen molar-refractivity contribution < 1.29 is 4.74 Å². The van der Waals surface area contributed by atoms with Crippen molar-refractivity contribution in [1.29, 1.82) is 0 Å². The monoisotopic (exact) mass is 334 g/mol. The van der Waals surface area contributed by atoms with E-state index in [4.69, 9.17) is 4.74 Å². The fourth-order valence-corrected chi connectivity index (χ4v) is 3.00. The lowest BCUT2D eigenvalue weighted by atomic mass is 10.2. The molecule has 3 heterocycles. The van der Waals surface area contributed by atoms with E-state index < -0.39 is 0 Å². The fourth-order valence-electron chi connectivity index (χ4n) is 2.31. The van der Waals surface area contributed by atoms with E-state index in [-0.39, 0.29) is 0 Å². The molecule has 4 rings (SSSR count). The Kier molecular flexibility index (Phi) is 3.80. The molecular formula is C18H14N4OS. The molecule has 0 saturated heterocycles. The van der Waals surface area contributed by atoms with E-state index in [2.05, 4.69) is 20.3 Å². The topological polar surface area (TPSA) is 59.9 Å². The number of pyridine rings is 2. The van der Waals surface area contributed by atoms with Gasteiger partial charge in [0.1, 0.15) is 17.3 Å². The third-order valence-electron chi connectivity index (χ3n) is 3.40. The first-order chi connectivity index (χ1) is 11.8. The lowest BCUT2D eigenvalue weighted by Crippen LogP contribution is -1.94. The summed E-state index contributed by atoms with van der Waals surface area (Å²) in [7, 11) is 0. The second-order valence-corrected chi connectivity index (χ2v) is 6.11. The molecule has 0 spiro atoms. The second kappa shape index (κ2) is 6.25. The minimum absolute atomic E-state index is 0.695. The van der Waals surface area contributed by atoms with Crippen molar-refractivity contribution in [2.45, 2.75) is 6.92 Å². The summed E-state index contributed by atoms with van der Waals surface area (Å²) in [6.07, 6.45) is 3.48. The summed E-state index contributed by atoms with van der Waals surface area (Å²) in [5.74, 6) is 2.14. The molecule has 0 amide bonds. The standard InChI is InChI=1S/C18H14N4OS/c1-12-11-24-18(21-12)22-17-10-15(6-8-20-17)23-14-5-4-13-3-2-7-19-16(13)9-14/h2-11H,1H3,(H,20,21,22). The van der Waals surface area contributed by atoms with Gasteiger partial charge in [0.15, 0.2) is 5.13 Å². The van der Waals surface area contributed by atoms with Crippen molar-refractivity contribution in [3.63, 3.8) is 0 Å². The van der Waals surface area contributed by atoms with E-state index in [0.29, 0.717) is 11.6 Å². The lowest BCUT2D eigenvalue weighted by Gasteiger charge is -2.08. The molecule has 0 bridgehead atoms. The average Bonchev–Trinajstić information content (AvgIpc) is 3.00. The van der Waals surface area contributed by atoms with Crippen molar-refractivity contribution in [1.82, 2.24) is 15.0 Å². The summed E-state index contributed by atoms with van der Waals surface area (Å²) in [6, 6.07) is 13.5. The molecule has 6 heteroatoms. The Morgan fingerprint density at radius 3 is 2.79 bits per heavy atom. The number of ether oxygens (including phenoxy) is 1. The van der Waals surface area contributed by atoms with Crippen LogP contribution in [0.3, 0.4) is 0 Å². The quantitative estimate of drug-likeness (QED) is 0.573. The van der Waals surface area contributed by atoms with Crippen molar-refractivity contribution >= 4 is 33.2 Å². The summed E-state index contributed by atoms with van der Waals surface area (Å²) in [5, 5.41) is 7.07. The SMILES string of the molecule is Cc1csc(Nc2cc(Oc3ccc4cccnc4c3)ccn2)n1. The van der Waals surface area contributed by atoms with Crippen LogP contribution in [0.15, 0.2) is 60.2 Å². The van der Waals surface area contributed by atoms with Gasteiger partial charge in [-0.15, -0.1) is 11.3 Å². The zero-order valence-electron chi connectivity index (χ0n) is 12.9. The van der Waals surface area contributed by atoms with Crippen LogP contribution in [0.25, 0.3) is 10.9 Å². The maximum Gasteiger partial charge on any atom is 0.188 e. The van der Waals surface area contributed by atoms with Gasteiger partial charge >= 0.3 is 0 Å². The predicted octanol–water partition coefficient (Wildman–Crippen LogP) is 4.93. The number of nitrogens with zero attached hydrogens (tertiary/aromatic N) is 3. The van der Waals surface area contributed by atoms with Gasteiger partial charge in [0.2, 0.25) is 0 Å². The number of rotatable bonds is 4. The molecule has 0 aliphatic carbocycles. The Morgan fingerprint density at radius 2 is 1.92 bits per heavy atom. The van der Waals surface area contributed by atoms with Crippen LogP contribution in [0.4, 0.5) is 10.9 Å². The van der Waals surface area contributed by atoms with Crippen LogP contribution >= 0.6 is 11.3 Å². The highest BCUT2D eigenvalue weighted by Gasteiger charge is 2.04. The molecule has 0 fully saturated rings. The molecule has 118 valence electrons. The maximum absolute atomic E-state index is 5.93. The first kappa shape index (κ1) is 14.6. The Balaban J connectivity index is 1.56. The number of hydrogen-bond acceptors (Lipinski definition) is 6. The number of aromatic nitrogens is 3. The van der Waals surface area contributed by atoms with Crippen LogP contribution in [0.5, 0.6) is 11.5 Å². The Bertz CT molecular complexity index is 999. The molecule has 24 heavy (non-hydrogen) atoms. The average molecular weight is 334 g/mol. The Hall–Kier alpha value is -2.99. The van der Waals surface area contributed by atoms with Crippen molar-refractivity contribution in [2.24, 2.45) is 0 Å². The third kappa shape index (κ3) is 3.18. The summed E-state index contributed by atoms with van der Waals surface area (Å²) < 4.78 is 5.93. The number of thiazole rings is 1. The number of aryl methyl sites for hydroxylation is 1. The number of benzene rings is 1. The fraction of sp³-hybridized carbons (Fsp3) is 0.0556. The maximum atomic E-state index is 5.93. The van der Waals surface area contributed by atoms with E-state index in [1.165, 1.54) is 0 Å². The summed E-state index contributed by atoms with van der Waals surface area (Å²) in [4.78, 5) is 13.0. The predicted molar refractivity (Wildman–Crippen MR) is 96.2 cm³/mol. The smallest absolute Gasteiger partial charge is 0.188 e. The van der Waals surface area contributed by atoms with E-state index in [9.17, 15) is 0 Å². The largest absolute Gasteiger partial charge is 0.457 e. The van der Waals surface area contributed by atoms with Gasteiger partial charge in [0.25, 0.3) is 0 Å². The molecule has 0 aliphatic rings. The van der Waals surface area contributed by atoms with Gasteiger partial charge in [-0.25, -0.2) is 9.97 Å². The van der Waals surface area contributed by atoms with Gasteiger partial charge in [0.05, 0.1) is 11.2 Å². The molecule has 5 nitrogen and oxygen atoms in total. The highest BCUT2D eigenvalue weighted by atomic mass is 32.1. The van der Waals surface area contributed by atoms with E-state index >= 15 is 0 Å². The van der Waals surface area contributed by atoms with Gasteiger partial charge < -0.3 is 10.1 Å². The number of hydrogen-bond donors (Lipinski definition) is 1. The molecular weight excluding hydrogens is 320 g/mol. The molecule has 1 aromatic carbocycles.